The van der Waals surface area contributed by atoms with E-state index in [0.717, 1.165) is 56.4 Å². The van der Waals surface area contributed by atoms with E-state index in [1.807, 2.05) is 19.2 Å². The predicted molar refractivity (Wildman–Crippen MR) is 142 cm³/mol. The molecular weight excluding hydrogens is 432 g/mol. The molecule has 35 heavy (non-hydrogen) atoms. The molecule has 0 amide bonds. The van der Waals surface area contributed by atoms with Gasteiger partial charge in [0.2, 0.25) is 0 Å². The number of piperidine rings is 1. The lowest BCUT2D eigenvalue weighted by Crippen LogP contribution is -2.33. The van der Waals surface area contributed by atoms with Crippen LogP contribution in [0.5, 0.6) is 5.75 Å². The number of nitrogens with zero attached hydrogens (tertiary/aromatic N) is 4. The number of hydrogen-bond donors (Lipinski definition) is 0. The number of terminal acetylenes is 1. The highest BCUT2D eigenvalue weighted by atomic mass is 16.5. The average molecular weight is 469 g/mol. The van der Waals surface area contributed by atoms with E-state index in [9.17, 15) is 0 Å². The molecule has 0 unspecified atom stereocenters. The Hall–Kier alpha value is -3.25. The molecule has 182 valence electrons. The van der Waals surface area contributed by atoms with Crippen LogP contribution in [-0.4, -0.2) is 47.7 Å². The Balaban J connectivity index is 1.19. The van der Waals surface area contributed by atoms with E-state index in [-0.39, 0.29) is 0 Å². The van der Waals surface area contributed by atoms with Crippen LogP contribution >= 0.6 is 0 Å². The van der Waals surface area contributed by atoms with Crippen LogP contribution in [0.15, 0.2) is 48.5 Å². The van der Waals surface area contributed by atoms with Gasteiger partial charge in [-0.3, -0.25) is 9.80 Å². The van der Waals surface area contributed by atoms with Gasteiger partial charge < -0.3 is 9.30 Å². The Morgan fingerprint density at radius 3 is 2.60 bits per heavy atom. The van der Waals surface area contributed by atoms with Crippen molar-refractivity contribution < 1.29 is 4.74 Å². The van der Waals surface area contributed by atoms with Crippen LogP contribution in [0.25, 0.3) is 10.9 Å². The molecular formula is C30H36N4O. The molecule has 2 heterocycles. The SMILES string of the molecule is C#CCN(C)Cc1cc2cc(OCCCC3CCN(Cc4ccc(C#N)cc4)CC3)ccc2n1C. The zero-order chi connectivity index (χ0) is 24.6. The Morgan fingerprint density at radius 1 is 1.11 bits per heavy atom. The van der Waals surface area contributed by atoms with Crippen molar-refractivity contribution in [2.45, 2.75) is 38.8 Å². The third-order valence-electron chi connectivity index (χ3n) is 7.13. The number of ether oxygens (including phenoxy) is 1. The summed E-state index contributed by atoms with van der Waals surface area (Å²) in [6.07, 6.45) is 10.3. The van der Waals surface area contributed by atoms with Gasteiger partial charge in [0.25, 0.3) is 0 Å². The van der Waals surface area contributed by atoms with Crippen molar-refractivity contribution in [2.75, 3.05) is 33.3 Å². The number of benzene rings is 2. The molecule has 0 aliphatic carbocycles. The van der Waals surface area contributed by atoms with Gasteiger partial charge in [-0.2, -0.15) is 5.26 Å². The number of nitriles is 1. The Morgan fingerprint density at radius 2 is 1.89 bits per heavy atom. The Labute approximate surface area is 209 Å². The van der Waals surface area contributed by atoms with Crippen molar-refractivity contribution >= 4 is 10.9 Å². The fourth-order valence-electron chi connectivity index (χ4n) is 5.05. The molecule has 0 N–H and O–H groups in total. The second-order valence-corrected chi connectivity index (χ2v) is 9.81. The normalized spacial score (nSPS) is 14.8. The van der Waals surface area contributed by atoms with Gasteiger partial charge >= 0.3 is 0 Å². The van der Waals surface area contributed by atoms with Crippen LogP contribution in [0.2, 0.25) is 0 Å². The molecule has 4 rings (SSSR count). The summed E-state index contributed by atoms with van der Waals surface area (Å²) in [5, 5.41) is 10.2. The number of hydrogen-bond acceptors (Lipinski definition) is 4. The van der Waals surface area contributed by atoms with Crippen LogP contribution in [0.1, 0.15) is 42.5 Å². The molecule has 2 aromatic carbocycles. The van der Waals surface area contributed by atoms with Crippen molar-refractivity contribution in [1.82, 2.24) is 14.4 Å². The minimum Gasteiger partial charge on any atom is -0.494 e. The van der Waals surface area contributed by atoms with E-state index in [4.69, 9.17) is 16.4 Å². The zero-order valence-electron chi connectivity index (χ0n) is 21.0. The molecule has 0 saturated carbocycles. The van der Waals surface area contributed by atoms with Gasteiger partial charge in [0.1, 0.15) is 5.75 Å². The summed E-state index contributed by atoms with van der Waals surface area (Å²) in [5.41, 5.74) is 4.49. The minimum absolute atomic E-state index is 0.645. The topological polar surface area (TPSA) is 44.4 Å². The molecule has 0 atom stereocenters. The summed E-state index contributed by atoms with van der Waals surface area (Å²) in [5.74, 6) is 4.44. The van der Waals surface area contributed by atoms with E-state index in [1.165, 1.54) is 41.4 Å². The van der Waals surface area contributed by atoms with E-state index >= 15 is 0 Å². The van der Waals surface area contributed by atoms with Crippen molar-refractivity contribution in [1.29, 1.82) is 5.26 Å². The van der Waals surface area contributed by atoms with E-state index < -0.39 is 0 Å². The largest absolute Gasteiger partial charge is 0.494 e. The van der Waals surface area contributed by atoms with Gasteiger partial charge in [-0.05, 0) is 93.7 Å². The lowest BCUT2D eigenvalue weighted by atomic mass is 9.92. The predicted octanol–water partition coefficient (Wildman–Crippen LogP) is 5.19. The van der Waals surface area contributed by atoms with Crippen LogP contribution in [-0.2, 0) is 20.1 Å². The van der Waals surface area contributed by atoms with Crippen molar-refractivity contribution in [3.63, 3.8) is 0 Å². The van der Waals surface area contributed by atoms with E-state index in [2.05, 4.69) is 69.8 Å². The van der Waals surface area contributed by atoms with Gasteiger partial charge in [-0.1, -0.05) is 18.1 Å². The number of likely N-dealkylation sites (tertiary alicyclic amines) is 1. The maximum atomic E-state index is 8.95. The van der Waals surface area contributed by atoms with Crippen LogP contribution in [0, 0.1) is 29.6 Å². The molecule has 5 heteroatoms. The molecule has 3 aromatic rings. The lowest BCUT2D eigenvalue weighted by molar-refractivity contribution is 0.166. The quantitative estimate of drug-likeness (QED) is 0.304. The Bertz CT molecular complexity index is 1190. The fourth-order valence-corrected chi connectivity index (χ4v) is 5.05. The molecule has 5 nitrogen and oxygen atoms in total. The first-order valence-electron chi connectivity index (χ1n) is 12.6. The van der Waals surface area contributed by atoms with Gasteiger partial charge in [0.15, 0.2) is 0 Å². The highest BCUT2D eigenvalue weighted by molar-refractivity contribution is 5.82. The number of aryl methyl sites for hydroxylation is 1. The monoisotopic (exact) mass is 468 g/mol. The third-order valence-corrected chi connectivity index (χ3v) is 7.13. The summed E-state index contributed by atoms with van der Waals surface area (Å²) in [6.45, 7) is 5.51. The number of aromatic nitrogens is 1. The van der Waals surface area contributed by atoms with Crippen molar-refractivity contribution in [3.8, 4) is 24.2 Å². The average Bonchev–Trinajstić information content (AvgIpc) is 3.17. The van der Waals surface area contributed by atoms with Crippen LogP contribution in [0.3, 0.4) is 0 Å². The molecule has 0 bridgehead atoms. The molecule has 1 aliphatic rings. The highest BCUT2D eigenvalue weighted by Crippen LogP contribution is 2.26. The minimum atomic E-state index is 0.645. The first kappa shape index (κ1) is 24.9. The molecule has 1 aromatic heterocycles. The standard InChI is InChI=1S/C30H36N4O/c1-4-15-32(2)23-28-19-27-20-29(11-12-30(27)33(28)3)35-18-5-6-24-13-16-34(17-14-24)22-26-9-7-25(21-31)8-10-26/h1,7-12,19-20,24H,5-6,13-18,22-23H2,2-3H3. The smallest absolute Gasteiger partial charge is 0.120 e. The van der Waals surface area contributed by atoms with Crippen molar-refractivity contribution in [2.24, 2.45) is 13.0 Å². The summed E-state index contributed by atoms with van der Waals surface area (Å²) >= 11 is 0. The van der Waals surface area contributed by atoms with E-state index in [0.29, 0.717) is 6.54 Å². The van der Waals surface area contributed by atoms with Gasteiger partial charge in [0, 0.05) is 36.7 Å². The molecule has 0 radical (unpaired) electrons. The fraction of sp³-hybridized carbons (Fsp3) is 0.433. The summed E-state index contributed by atoms with van der Waals surface area (Å²) < 4.78 is 8.35. The van der Waals surface area contributed by atoms with Crippen molar-refractivity contribution in [3.05, 3.63) is 65.4 Å². The van der Waals surface area contributed by atoms with E-state index in [1.54, 1.807) is 0 Å². The highest BCUT2D eigenvalue weighted by Gasteiger charge is 2.19. The van der Waals surface area contributed by atoms with Crippen LogP contribution < -0.4 is 4.74 Å². The summed E-state index contributed by atoms with van der Waals surface area (Å²) in [4.78, 5) is 4.67. The first-order valence-corrected chi connectivity index (χ1v) is 12.6. The van der Waals surface area contributed by atoms with Gasteiger partial charge in [0.05, 0.1) is 24.8 Å². The molecule has 0 spiro atoms. The number of rotatable bonds is 10. The molecule has 1 saturated heterocycles. The second kappa shape index (κ2) is 11.9. The second-order valence-electron chi connectivity index (χ2n) is 9.81. The lowest BCUT2D eigenvalue weighted by Gasteiger charge is -2.32. The first-order chi connectivity index (χ1) is 17.1. The zero-order valence-corrected chi connectivity index (χ0v) is 21.0. The van der Waals surface area contributed by atoms with Gasteiger partial charge in [-0.25, -0.2) is 0 Å². The maximum Gasteiger partial charge on any atom is 0.120 e. The Kier molecular flexibility index (Phi) is 8.48. The summed E-state index contributed by atoms with van der Waals surface area (Å²) in [7, 11) is 4.16. The molecule has 1 aliphatic heterocycles. The van der Waals surface area contributed by atoms with Crippen LogP contribution in [0.4, 0.5) is 0 Å². The summed E-state index contributed by atoms with van der Waals surface area (Å²) in [6, 6.07) is 18.8. The number of fused-ring (bicyclic) bond motifs is 1. The van der Waals surface area contributed by atoms with Gasteiger partial charge in [-0.15, -0.1) is 6.42 Å². The maximum absolute atomic E-state index is 8.95. The third kappa shape index (κ3) is 6.67. The molecule has 1 fully saturated rings.